The van der Waals surface area contributed by atoms with E-state index in [2.05, 4.69) is 5.10 Å². The SMILES string of the molecule is Cc1nn(-c2cccc(Cl)c2)c2c1C(c1ccccc1[N+](=O)[O-])C(C#N)=C(N)O2. The molecule has 0 saturated heterocycles. The van der Waals surface area contributed by atoms with Gasteiger partial charge >= 0.3 is 0 Å². The maximum Gasteiger partial charge on any atom is 0.273 e. The van der Waals surface area contributed by atoms with Crippen LogP contribution in [0.3, 0.4) is 0 Å². The first-order valence-corrected chi connectivity index (χ1v) is 8.96. The minimum atomic E-state index is -0.779. The highest BCUT2D eigenvalue weighted by atomic mass is 35.5. The lowest BCUT2D eigenvalue weighted by atomic mass is 9.83. The number of aromatic nitrogens is 2. The van der Waals surface area contributed by atoms with Crippen LogP contribution in [0.1, 0.15) is 22.7 Å². The molecule has 1 atom stereocenters. The van der Waals surface area contributed by atoms with Gasteiger partial charge in [0, 0.05) is 16.7 Å². The van der Waals surface area contributed by atoms with Crippen LogP contribution >= 0.6 is 11.6 Å². The third-order valence-electron chi connectivity index (χ3n) is 4.73. The smallest absolute Gasteiger partial charge is 0.273 e. The van der Waals surface area contributed by atoms with E-state index in [1.807, 2.05) is 6.07 Å². The van der Waals surface area contributed by atoms with E-state index in [4.69, 9.17) is 22.1 Å². The van der Waals surface area contributed by atoms with Crippen molar-refractivity contribution < 1.29 is 9.66 Å². The van der Waals surface area contributed by atoms with Crippen LogP contribution in [0, 0.1) is 28.4 Å². The number of rotatable bonds is 3. The van der Waals surface area contributed by atoms with E-state index in [-0.39, 0.29) is 17.1 Å². The highest BCUT2D eigenvalue weighted by molar-refractivity contribution is 6.30. The number of ether oxygens (including phenoxy) is 1. The molecule has 0 saturated carbocycles. The molecule has 9 heteroatoms. The van der Waals surface area contributed by atoms with Crippen LogP contribution in [0.15, 0.2) is 60.0 Å². The quantitative estimate of drug-likeness (QED) is 0.518. The molecule has 2 heterocycles. The number of fused-ring (bicyclic) bond motifs is 1. The van der Waals surface area contributed by atoms with Gasteiger partial charge in [0.25, 0.3) is 5.69 Å². The average molecular weight is 408 g/mol. The topological polar surface area (TPSA) is 120 Å². The van der Waals surface area contributed by atoms with Crippen LogP contribution in [0.5, 0.6) is 5.88 Å². The van der Waals surface area contributed by atoms with Gasteiger partial charge in [0.05, 0.1) is 27.8 Å². The highest BCUT2D eigenvalue weighted by Crippen LogP contribution is 2.46. The Bertz CT molecular complexity index is 1230. The number of hydrogen-bond acceptors (Lipinski definition) is 6. The molecule has 1 aliphatic rings. The number of allylic oxidation sites excluding steroid dienone is 1. The molecule has 0 spiro atoms. The van der Waals surface area contributed by atoms with Gasteiger partial charge in [-0.25, -0.2) is 4.68 Å². The maximum absolute atomic E-state index is 11.6. The van der Waals surface area contributed by atoms with Crippen molar-refractivity contribution in [3.63, 3.8) is 0 Å². The molecule has 3 aromatic rings. The van der Waals surface area contributed by atoms with Gasteiger partial charge < -0.3 is 10.5 Å². The number of nitro benzene ring substituents is 1. The lowest BCUT2D eigenvalue weighted by molar-refractivity contribution is -0.385. The molecule has 0 bridgehead atoms. The van der Waals surface area contributed by atoms with Gasteiger partial charge in [0.1, 0.15) is 11.6 Å². The van der Waals surface area contributed by atoms with Crippen molar-refractivity contribution in [1.29, 1.82) is 5.26 Å². The van der Waals surface area contributed by atoms with E-state index in [1.54, 1.807) is 49.4 Å². The molecule has 2 aromatic carbocycles. The molecule has 0 amide bonds. The minimum Gasteiger partial charge on any atom is -0.422 e. The molecule has 1 aromatic heterocycles. The maximum atomic E-state index is 11.6. The molecule has 0 fully saturated rings. The number of benzene rings is 2. The first-order chi connectivity index (χ1) is 13.9. The van der Waals surface area contributed by atoms with Crippen molar-refractivity contribution in [2.75, 3.05) is 0 Å². The summed E-state index contributed by atoms with van der Waals surface area (Å²) in [5, 5.41) is 26.4. The summed E-state index contributed by atoms with van der Waals surface area (Å²) in [4.78, 5) is 11.1. The predicted octanol–water partition coefficient (Wildman–Crippen LogP) is 3.96. The van der Waals surface area contributed by atoms with Crippen molar-refractivity contribution in [3.8, 4) is 17.6 Å². The fourth-order valence-corrected chi connectivity index (χ4v) is 3.69. The second-order valence-electron chi connectivity index (χ2n) is 6.44. The standard InChI is InChI=1S/C20H14ClN5O3/c1-11-17-18(14-7-2-3-8-16(14)26(27)28)15(10-22)19(23)29-20(17)25(24-11)13-6-4-5-12(21)9-13/h2-9,18H,23H2,1H3. The van der Waals surface area contributed by atoms with Gasteiger partial charge in [-0.2, -0.15) is 10.4 Å². The molecule has 29 heavy (non-hydrogen) atoms. The predicted molar refractivity (Wildman–Crippen MR) is 106 cm³/mol. The molecular weight excluding hydrogens is 394 g/mol. The molecular formula is C20H14ClN5O3. The Morgan fingerprint density at radius 2 is 2.07 bits per heavy atom. The molecule has 0 radical (unpaired) electrons. The number of halogens is 1. The summed E-state index contributed by atoms with van der Waals surface area (Å²) in [6.45, 7) is 1.75. The van der Waals surface area contributed by atoms with Crippen LogP contribution in [-0.4, -0.2) is 14.7 Å². The monoisotopic (exact) mass is 407 g/mol. The molecule has 0 aliphatic carbocycles. The average Bonchev–Trinajstić information content (AvgIpc) is 3.03. The fourth-order valence-electron chi connectivity index (χ4n) is 3.51. The highest BCUT2D eigenvalue weighted by Gasteiger charge is 2.39. The molecule has 1 unspecified atom stereocenters. The van der Waals surface area contributed by atoms with Crippen molar-refractivity contribution in [3.05, 3.63) is 91.9 Å². The van der Waals surface area contributed by atoms with Gasteiger partial charge in [-0.05, 0) is 25.1 Å². The Morgan fingerprint density at radius 3 is 2.76 bits per heavy atom. The third-order valence-corrected chi connectivity index (χ3v) is 4.96. The number of nitrogens with two attached hydrogens (primary N) is 1. The summed E-state index contributed by atoms with van der Waals surface area (Å²) in [7, 11) is 0. The van der Waals surface area contributed by atoms with Gasteiger partial charge in [-0.15, -0.1) is 0 Å². The summed E-state index contributed by atoms with van der Waals surface area (Å²) in [5.74, 6) is -0.603. The van der Waals surface area contributed by atoms with Gasteiger partial charge in [0.15, 0.2) is 0 Å². The van der Waals surface area contributed by atoms with E-state index < -0.39 is 10.8 Å². The normalized spacial score (nSPS) is 15.4. The van der Waals surface area contributed by atoms with Crippen LogP contribution in [0.4, 0.5) is 5.69 Å². The van der Waals surface area contributed by atoms with E-state index in [9.17, 15) is 15.4 Å². The second-order valence-corrected chi connectivity index (χ2v) is 6.87. The summed E-state index contributed by atoms with van der Waals surface area (Å²) < 4.78 is 7.28. The summed E-state index contributed by atoms with van der Waals surface area (Å²) >= 11 is 6.11. The summed E-state index contributed by atoms with van der Waals surface area (Å²) in [6.07, 6.45) is 0. The number of nitrogens with zero attached hydrogens (tertiary/aromatic N) is 4. The van der Waals surface area contributed by atoms with Gasteiger partial charge in [-0.1, -0.05) is 35.9 Å². The second kappa shape index (κ2) is 6.96. The number of aryl methyl sites for hydroxylation is 1. The number of nitriles is 1. The van der Waals surface area contributed by atoms with Crippen LogP contribution in [0.2, 0.25) is 5.02 Å². The van der Waals surface area contributed by atoms with E-state index in [0.29, 0.717) is 33.4 Å². The minimum absolute atomic E-state index is 0.0977. The first kappa shape index (κ1) is 18.5. The number of para-hydroxylation sites is 1. The first-order valence-electron chi connectivity index (χ1n) is 8.58. The van der Waals surface area contributed by atoms with E-state index >= 15 is 0 Å². The molecule has 4 rings (SSSR count). The largest absolute Gasteiger partial charge is 0.422 e. The zero-order valence-corrected chi connectivity index (χ0v) is 15.9. The Morgan fingerprint density at radius 1 is 1.31 bits per heavy atom. The Kier molecular flexibility index (Phi) is 4.45. The van der Waals surface area contributed by atoms with Crippen molar-refractivity contribution in [2.24, 2.45) is 5.73 Å². The van der Waals surface area contributed by atoms with Crippen molar-refractivity contribution in [2.45, 2.75) is 12.8 Å². The summed E-state index contributed by atoms with van der Waals surface area (Å²) in [6, 6.07) is 15.3. The van der Waals surface area contributed by atoms with E-state index in [1.165, 1.54) is 10.7 Å². The molecule has 8 nitrogen and oxygen atoms in total. The van der Waals surface area contributed by atoms with Crippen molar-refractivity contribution in [1.82, 2.24) is 9.78 Å². The summed E-state index contributed by atoms with van der Waals surface area (Å²) in [5.41, 5.74) is 8.11. The lowest BCUT2D eigenvalue weighted by Gasteiger charge is -2.24. The molecule has 1 aliphatic heterocycles. The Labute approximate surface area is 170 Å². The Balaban J connectivity index is 2.00. The molecule has 2 N–H and O–H groups in total. The van der Waals surface area contributed by atoms with E-state index in [0.717, 1.165) is 0 Å². The zero-order chi connectivity index (χ0) is 20.7. The lowest BCUT2D eigenvalue weighted by Crippen LogP contribution is -2.22. The van der Waals surface area contributed by atoms with Crippen molar-refractivity contribution >= 4 is 17.3 Å². The zero-order valence-electron chi connectivity index (χ0n) is 15.2. The van der Waals surface area contributed by atoms with Crippen LogP contribution in [0.25, 0.3) is 5.69 Å². The van der Waals surface area contributed by atoms with Crippen LogP contribution in [-0.2, 0) is 0 Å². The van der Waals surface area contributed by atoms with Gasteiger partial charge in [0.2, 0.25) is 11.8 Å². The van der Waals surface area contributed by atoms with Gasteiger partial charge in [-0.3, -0.25) is 10.1 Å². The third kappa shape index (κ3) is 2.98. The number of hydrogen-bond donors (Lipinski definition) is 1. The number of nitro groups is 1. The molecule has 144 valence electrons. The Hall–Kier alpha value is -3.83. The fraction of sp³-hybridized carbons (Fsp3) is 0.100. The van der Waals surface area contributed by atoms with Crippen LogP contribution < -0.4 is 10.5 Å².